The predicted molar refractivity (Wildman–Crippen MR) is 157 cm³/mol. The molecule has 0 atom stereocenters. The summed E-state index contributed by atoms with van der Waals surface area (Å²) in [5, 5.41) is 0. The molecule has 0 N–H and O–H groups in total. The highest BCUT2D eigenvalue weighted by Gasteiger charge is 2.41. The van der Waals surface area contributed by atoms with Gasteiger partial charge < -0.3 is 14.2 Å². The van der Waals surface area contributed by atoms with E-state index in [4.69, 9.17) is 9.47 Å². The zero-order chi connectivity index (χ0) is 34.6. The molecule has 0 unspecified atom stereocenters. The van der Waals surface area contributed by atoms with E-state index in [-0.39, 0.29) is 17.7 Å². The van der Waals surface area contributed by atoms with Crippen molar-refractivity contribution in [3.63, 3.8) is 0 Å². The van der Waals surface area contributed by atoms with Gasteiger partial charge in [0.15, 0.2) is 23.7 Å². The first-order valence-corrected chi connectivity index (χ1v) is 14.9. The summed E-state index contributed by atoms with van der Waals surface area (Å²) < 4.78 is 145. The lowest BCUT2D eigenvalue weighted by Crippen LogP contribution is -2.27. The van der Waals surface area contributed by atoms with Crippen LogP contribution in [0.1, 0.15) is 61.2 Å². The van der Waals surface area contributed by atoms with Crippen LogP contribution in [0.4, 0.5) is 39.5 Å². The number of ether oxygens (including phenoxy) is 3. The molecule has 1 heterocycles. The molecule has 4 aromatic carbocycles. The van der Waals surface area contributed by atoms with Crippen LogP contribution in [0, 0.1) is 58.5 Å². The Bertz CT molecular complexity index is 1770. The molecule has 12 heteroatoms. The number of hydrogen-bond donors (Lipinski definition) is 0. The van der Waals surface area contributed by atoms with Crippen LogP contribution >= 0.6 is 0 Å². The van der Waals surface area contributed by atoms with E-state index in [1.54, 1.807) is 12.1 Å². The molecule has 0 radical (unpaired) electrons. The van der Waals surface area contributed by atoms with Crippen LogP contribution in [0.5, 0.6) is 5.75 Å². The lowest BCUT2D eigenvalue weighted by Gasteiger charge is -2.29. The maximum absolute atomic E-state index is 15.0. The second-order valence-corrected chi connectivity index (χ2v) is 11.2. The summed E-state index contributed by atoms with van der Waals surface area (Å²) in [6.45, 7) is 3.19. The summed E-state index contributed by atoms with van der Waals surface area (Å²) in [5.74, 6) is -8.29. The highest BCUT2D eigenvalue weighted by molar-refractivity contribution is 5.64. The highest BCUT2D eigenvalue weighted by atomic mass is 19.3. The van der Waals surface area contributed by atoms with Gasteiger partial charge in [-0.1, -0.05) is 62.3 Å². The molecule has 0 bridgehead atoms. The molecular weight excluding hydrogens is 651 g/mol. The van der Waals surface area contributed by atoms with Crippen LogP contribution in [0.3, 0.4) is 0 Å². The van der Waals surface area contributed by atoms with E-state index in [2.05, 4.69) is 11.7 Å². The average Bonchev–Trinajstić information content (AvgIpc) is 3.03. The Balaban J connectivity index is 1.29. The summed E-state index contributed by atoms with van der Waals surface area (Å²) in [4.78, 5) is 0. The molecule has 1 aliphatic rings. The first-order chi connectivity index (χ1) is 22.9. The third-order valence-corrected chi connectivity index (χ3v) is 7.61. The summed E-state index contributed by atoms with van der Waals surface area (Å²) in [6.07, 6.45) is -1.00. The third kappa shape index (κ3) is 7.97. The fourth-order valence-corrected chi connectivity index (χ4v) is 5.13. The summed E-state index contributed by atoms with van der Waals surface area (Å²) in [6, 6.07) is 9.17. The third-order valence-electron chi connectivity index (χ3n) is 7.61. The maximum atomic E-state index is 15.0. The number of benzene rings is 4. The van der Waals surface area contributed by atoms with Gasteiger partial charge in [0.25, 0.3) is 0 Å². The van der Waals surface area contributed by atoms with Gasteiger partial charge in [0.1, 0.15) is 34.6 Å². The average molecular weight is 679 g/mol. The van der Waals surface area contributed by atoms with Crippen LogP contribution in [0.25, 0.3) is 11.1 Å². The van der Waals surface area contributed by atoms with E-state index in [1.807, 2.05) is 11.8 Å². The van der Waals surface area contributed by atoms with Crippen molar-refractivity contribution in [2.45, 2.75) is 45.0 Å². The van der Waals surface area contributed by atoms with Crippen molar-refractivity contribution < 1.29 is 53.7 Å². The SMILES string of the molecule is CCCCCC1COC(c2ccc(-c3cc(F)c(C(F)(F)Oc4cc(F)c(C#Cc5cc(F)c(F)c(F)c5)c(F)c4)c(F)c3)cc2)OC1. The Morgan fingerprint density at radius 3 is 1.85 bits per heavy atom. The molecule has 3 nitrogen and oxygen atoms in total. The summed E-state index contributed by atoms with van der Waals surface area (Å²) in [7, 11) is 0. The lowest BCUT2D eigenvalue weighted by atomic mass is 10.00. The van der Waals surface area contributed by atoms with Gasteiger partial charge in [-0.25, -0.2) is 30.7 Å². The van der Waals surface area contributed by atoms with E-state index >= 15 is 8.78 Å². The number of unbranched alkanes of at least 4 members (excludes halogenated alkanes) is 2. The number of hydrogen-bond acceptors (Lipinski definition) is 3. The second-order valence-electron chi connectivity index (χ2n) is 11.2. The second kappa shape index (κ2) is 14.7. The molecule has 1 aliphatic heterocycles. The van der Waals surface area contributed by atoms with Crippen molar-refractivity contribution in [1.82, 2.24) is 0 Å². The van der Waals surface area contributed by atoms with Crippen LogP contribution in [0.2, 0.25) is 0 Å². The highest BCUT2D eigenvalue weighted by Crippen LogP contribution is 2.38. The molecule has 0 spiro atoms. The van der Waals surface area contributed by atoms with E-state index in [9.17, 15) is 30.7 Å². The van der Waals surface area contributed by atoms with Gasteiger partial charge in [0.2, 0.25) is 0 Å². The van der Waals surface area contributed by atoms with Crippen LogP contribution in [-0.2, 0) is 15.6 Å². The number of rotatable bonds is 9. The van der Waals surface area contributed by atoms with E-state index < -0.39 is 75.6 Å². The van der Waals surface area contributed by atoms with Crippen molar-refractivity contribution in [2.24, 2.45) is 5.92 Å². The maximum Gasteiger partial charge on any atom is 0.432 e. The standard InChI is InChI=1S/C36H27F9O3/c1-2-3-4-5-21-18-46-35(47-19-21)23-9-7-22(8-10-23)24-14-29(39)33(30(40)15-24)36(44,45)48-25-16-27(37)26(28(38)17-25)11-6-20-12-31(41)34(43)32(42)13-20/h7-10,12-17,21,35H,2-5,18-19H2,1H3. The minimum atomic E-state index is -4.73. The fraction of sp³-hybridized carbons (Fsp3) is 0.278. The molecular formula is C36H27F9O3. The smallest absolute Gasteiger partial charge is 0.429 e. The first-order valence-electron chi connectivity index (χ1n) is 14.9. The van der Waals surface area contributed by atoms with Crippen LogP contribution in [-0.4, -0.2) is 13.2 Å². The Morgan fingerprint density at radius 2 is 1.29 bits per heavy atom. The minimum absolute atomic E-state index is 0.0708. The van der Waals surface area contributed by atoms with Gasteiger partial charge in [-0.3, -0.25) is 0 Å². The largest absolute Gasteiger partial charge is 0.432 e. The van der Waals surface area contributed by atoms with E-state index in [1.165, 1.54) is 12.1 Å². The van der Waals surface area contributed by atoms with Crippen molar-refractivity contribution in [2.75, 3.05) is 13.2 Å². The molecule has 0 saturated carbocycles. The Hall–Kier alpha value is -4.47. The normalized spacial score (nSPS) is 16.4. The Labute approximate surface area is 270 Å². The molecule has 1 fully saturated rings. The Kier molecular flexibility index (Phi) is 10.7. The van der Waals surface area contributed by atoms with E-state index in [0.717, 1.165) is 25.7 Å². The van der Waals surface area contributed by atoms with Crippen LogP contribution < -0.4 is 4.74 Å². The molecule has 5 rings (SSSR count). The molecule has 252 valence electrons. The molecule has 4 aromatic rings. The van der Waals surface area contributed by atoms with Gasteiger partial charge in [0.05, 0.1) is 18.8 Å². The van der Waals surface area contributed by atoms with Gasteiger partial charge in [0, 0.05) is 29.2 Å². The van der Waals surface area contributed by atoms with Gasteiger partial charge in [-0.05, 0) is 41.8 Å². The lowest BCUT2D eigenvalue weighted by molar-refractivity contribution is -0.206. The summed E-state index contributed by atoms with van der Waals surface area (Å²) in [5.41, 5.74) is -2.38. The van der Waals surface area contributed by atoms with Crippen molar-refractivity contribution in [1.29, 1.82) is 0 Å². The van der Waals surface area contributed by atoms with Crippen molar-refractivity contribution in [3.8, 4) is 28.7 Å². The zero-order valence-electron chi connectivity index (χ0n) is 25.3. The van der Waals surface area contributed by atoms with Crippen molar-refractivity contribution >= 4 is 0 Å². The minimum Gasteiger partial charge on any atom is -0.429 e. The topological polar surface area (TPSA) is 27.7 Å². The number of halogens is 9. The Morgan fingerprint density at radius 1 is 0.708 bits per heavy atom. The van der Waals surface area contributed by atoms with Crippen molar-refractivity contribution in [3.05, 3.63) is 124 Å². The zero-order valence-corrected chi connectivity index (χ0v) is 25.3. The number of alkyl halides is 2. The monoisotopic (exact) mass is 678 g/mol. The quantitative estimate of drug-likeness (QED) is 0.0764. The van der Waals surface area contributed by atoms with Crippen LogP contribution in [0.15, 0.2) is 60.7 Å². The molecule has 0 aromatic heterocycles. The molecule has 0 amide bonds. The van der Waals surface area contributed by atoms with Gasteiger partial charge in [-0.2, -0.15) is 8.78 Å². The first kappa shape index (κ1) is 34.9. The van der Waals surface area contributed by atoms with Gasteiger partial charge >= 0.3 is 6.11 Å². The fourth-order valence-electron chi connectivity index (χ4n) is 5.13. The summed E-state index contributed by atoms with van der Waals surface area (Å²) >= 11 is 0. The van der Waals surface area contributed by atoms with E-state index in [0.29, 0.717) is 54.5 Å². The van der Waals surface area contributed by atoms with Gasteiger partial charge in [-0.15, -0.1) is 0 Å². The molecule has 48 heavy (non-hydrogen) atoms. The molecule has 1 saturated heterocycles. The molecule has 0 aliphatic carbocycles. The predicted octanol–water partition coefficient (Wildman–Crippen LogP) is 10.1.